The van der Waals surface area contributed by atoms with Crippen molar-refractivity contribution in [3.63, 3.8) is 0 Å². The first kappa shape index (κ1) is 12.4. The first-order valence-corrected chi connectivity index (χ1v) is 6.99. The molecule has 3 aromatic heterocycles. The smallest absolute Gasteiger partial charge is 0.225 e. The maximum atomic E-state index is 5.92. The lowest BCUT2D eigenvalue weighted by Crippen LogP contribution is -2.08. The Hall–Kier alpha value is -1.66. The highest BCUT2D eigenvalue weighted by atomic mass is 35.5. The van der Waals surface area contributed by atoms with E-state index in [0.29, 0.717) is 11.7 Å². The molecule has 3 heterocycles. The number of halogens is 1. The van der Waals surface area contributed by atoms with E-state index in [1.165, 1.54) is 11.3 Å². The molecule has 0 saturated heterocycles. The Bertz CT molecular complexity index is 723. The van der Waals surface area contributed by atoms with E-state index in [0.717, 1.165) is 16.0 Å². The molecule has 0 saturated carbocycles. The van der Waals surface area contributed by atoms with Gasteiger partial charge in [0.05, 0.1) is 11.6 Å². The minimum atomic E-state index is -0.0947. The quantitative estimate of drug-likeness (QED) is 0.744. The standard InChI is InChI=1S/C12H11ClN4OS/c1-6-5-14-10(18-6)7(2)15-9-8-3-4-19-11(8)17-12(13)16-9/h3-5,7H,1-2H3,(H,15,16,17). The van der Waals surface area contributed by atoms with Gasteiger partial charge in [0.2, 0.25) is 11.2 Å². The summed E-state index contributed by atoms with van der Waals surface area (Å²) in [5.74, 6) is 2.10. The minimum absolute atomic E-state index is 0.0947. The molecule has 1 unspecified atom stereocenters. The fourth-order valence-electron chi connectivity index (χ4n) is 1.78. The number of hydrogen-bond donors (Lipinski definition) is 1. The van der Waals surface area contributed by atoms with Crippen molar-refractivity contribution in [2.45, 2.75) is 19.9 Å². The third kappa shape index (κ3) is 2.41. The SMILES string of the molecule is Cc1cnc(C(C)Nc2nc(Cl)nc3sccc23)o1. The van der Waals surface area contributed by atoms with Crippen molar-refractivity contribution in [3.05, 3.63) is 34.6 Å². The molecule has 0 aliphatic rings. The van der Waals surface area contributed by atoms with Crippen molar-refractivity contribution in [3.8, 4) is 0 Å². The third-order valence-corrected chi connectivity index (χ3v) is 3.64. The van der Waals surface area contributed by atoms with Crippen LogP contribution < -0.4 is 5.32 Å². The average molecular weight is 295 g/mol. The predicted octanol–water partition coefficient (Wildman–Crippen LogP) is 3.81. The van der Waals surface area contributed by atoms with E-state index in [1.807, 2.05) is 25.3 Å². The molecule has 3 rings (SSSR count). The van der Waals surface area contributed by atoms with Crippen LogP contribution in [0.25, 0.3) is 10.2 Å². The van der Waals surface area contributed by atoms with E-state index >= 15 is 0 Å². The summed E-state index contributed by atoms with van der Waals surface area (Å²) >= 11 is 7.45. The number of nitrogens with zero attached hydrogens (tertiary/aromatic N) is 3. The van der Waals surface area contributed by atoms with E-state index < -0.39 is 0 Å². The molecule has 0 aromatic carbocycles. The van der Waals surface area contributed by atoms with Crippen LogP contribution in [0.2, 0.25) is 5.28 Å². The van der Waals surface area contributed by atoms with E-state index in [2.05, 4.69) is 20.3 Å². The van der Waals surface area contributed by atoms with Crippen LogP contribution in [0.15, 0.2) is 22.1 Å². The normalized spacial score (nSPS) is 12.8. The van der Waals surface area contributed by atoms with Gasteiger partial charge in [-0.2, -0.15) is 0 Å². The molecular formula is C12H11ClN4OS. The molecule has 1 atom stereocenters. The Morgan fingerprint density at radius 3 is 3.00 bits per heavy atom. The molecule has 98 valence electrons. The first-order valence-electron chi connectivity index (χ1n) is 5.73. The van der Waals surface area contributed by atoms with Gasteiger partial charge in [0.25, 0.3) is 0 Å². The summed E-state index contributed by atoms with van der Waals surface area (Å²) in [4.78, 5) is 13.5. The number of anilines is 1. The number of aromatic nitrogens is 3. The van der Waals surface area contributed by atoms with Crippen LogP contribution in [0.4, 0.5) is 5.82 Å². The van der Waals surface area contributed by atoms with E-state index in [9.17, 15) is 0 Å². The second-order valence-corrected chi connectivity index (χ2v) is 5.39. The molecule has 7 heteroatoms. The maximum Gasteiger partial charge on any atom is 0.225 e. The molecule has 5 nitrogen and oxygen atoms in total. The number of aryl methyl sites for hydroxylation is 1. The molecule has 0 bridgehead atoms. The molecule has 19 heavy (non-hydrogen) atoms. The highest BCUT2D eigenvalue weighted by Crippen LogP contribution is 2.28. The van der Waals surface area contributed by atoms with Crippen molar-refractivity contribution < 1.29 is 4.42 Å². The summed E-state index contributed by atoms with van der Waals surface area (Å²) in [6.45, 7) is 3.82. The zero-order valence-corrected chi connectivity index (χ0v) is 11.9. The highest BCUT2D eigenvalue weighted by molar-refractivity contribution is 7.16. The molecule has 0 spiro atoms. The highest BCUT2D eigenvalue weighted by Gasteiger charge is 2.15. The van der Waals surface area contributed by atoms with Gasteiger partial charge in [-0.3, -0.25) is 0 Å². The van der Waals surface area contributed by atoms with Crippen LogP contribution in [0.3, 0.4) is 0 Å². The topological polar surface area (TPSA) is 63.8 Å². The van der Waals surface area contributed by atoms with Crippen molar-refractivity contribution in [1.82, 2.24) is 15.0 Å². The van der Waals surface area contributed by atoms with Crippen molar-refractivity contribution in [2.24, 2.45) is 0 Å². The third-order valence-electron chi connectivity index (χ3n) is 2.66. The van der Waals surface area contributed by atoms with Gasteiger partial charge in [0, 0.05) is 0 Å². The summed E-state index contributed by atoms with van der Waals surface area (Å²) in [7, 11) is 0. The summed E-state index contributed by atoms with van der Waals surface area (Å²) in [5.41, 5.74) is 0. The van der Waals surface area contributed by atoms with Crippen molar-refractivity contribution in [1.29, 1.82) is 0 Å². The van der Waals surface area contributed by atoms with Crippen LogP contribution in [-0.4, -0.2) is 15.0 Å². The Kier molecular flexibility index (Phi) is 3.12. The molecule has 3 aromatic rings. The van der Waals surface area contributed by atoms with E-state index in [1.54, 1.807) is 6.20 Å². The molecule has 0 fully saturated rings. The van der Waals surface area contributed by atoms with Crippen molar-refractivity contribution >= 4 is 39.0 Å². The van der Waals surface area contributed by atoms with E-state index in [4.69, 9.17) is 16.0 Å². The monoisotopic (exact) mass is 294 g/mol. The molecule has 1 N–H and O–H groups in total. The molecule has 0 aliphatic carbocycles. The van der Waals surface area contributed by atoms with Crippen LogP contribution in [0, 0.1) is 6.92 Å². The minimum Gasteiger partial charge on any atom is -0.444 e. The van der Waals surface area contributed by atoms with E-state index in [-0.39, 0.29) is 11.3 Å². The summed E-state index contributed by atoms with van der Waals surface area (Å²) in [5, 5.41) is 6.39. The molecule has 0 radical (unpaired) electrons. The predicted molar refractivity (Wildman–Crippen MR) is 75.7 cm³/mol. The number of thiophene rings is 1. The second-order valence-electron chi connectivity index (χ2n) is 4.16. The number of nitrogens with one attached hydrogen (secondary N) is 1. The molecule has 0 aliphatic heterocycles. The number of oxazole rings is 1. The van der Waals surface area contributed by atoms with Gasteiger partial charge in [0.1, 0.15) is 22.5 Å². The zero-order valence-electron chi connectivity index (χ0n) is 10.3. The van der Waals surface area contributed by atoms with Gasteiger partial charge in [-0.1, -0.05) is 0 Å². The van der Waals surface area contributed by atoms with Gasteiger partial charge in [-0.15, -0.1) is 11.3 Å². The Morgan fingerprint density at radius 2 is 2.26 bits per heavy atom. The van der Waals surface area contributed by atoms with Crippen LogP contribution in [0.5, 0.6) is 0 Å². The Balaban J connectivity index is 1.94. The fraction of sp³-hybridized carbons (Fsp3) is 0.250. The fourth-order valence-corrected chi connectivity index (χ4v) is 2.76. The van der Waals surface area contributed by atoms with Gasteiger partial charge in [0.15, 0.2) is 0 Å². The lowest BCUT2D eigenvalue weighted by atomic mass is 10.3. The van der Waals surface area contributed by atoms with Gasteiger partial charge in [-0.25, -0.2) is 15.0 Å². The number of hydrogen-bond acceptors (Lipinski definition) is 6. The van der Waals surface area contributed by atoms with Crippen LogP contribution in [-0.2, 0) is 0 Å². The van der Waals surface area contributed by atoms with Crippen LogP contribution >= 0.6 is 22.9 Å². The lowest BCUT2D eigenvalue weighted by Gasteiger charge is -2.11. The summed E-state index contributed by atoms with van der Waals surface area (Å²) in [6.07, 6.45) is 1.70. The summed E-state index contributed by atoms with van der Waals surface area (Å²) < 4.78 is 5.49. The first-order chi connectivity index (χ1) is 9.13. The molecule has 0 amide bonds. The van der Waals surface area contributed by atoms with Gasteiger partial charge < -0.3 is 9.73 Å². The lowest BCUT2D eigenvalue weighted by molar-refractivity contribution is 0.453. The average Bonchev–Trinajstić information content (AvgIpc) is 2.97. The number of fused-ring (bicyclic) bond motifs is 1. The Morgan fingerprint density at radius 1 is 1.42 bits per heavy atom. The Labute approximate surface area is 118 Å². The molecular weight excluding hydrogens is 284 g/mol. The largest absolute Gasteiger partial charge is 0.444 e. The summed E-state index contributed by atoms with van der Waals surface area (Å²) in [6, 6.07) is 1.87. The second kappa shape index (κ2) is 4.79. The van der Waals surface area contributed by atoms with Gasteiger partial charge >= 0.3 is 0 Å². The van der Waals surface area contributed by atoms with Gasteiger partial charge in [-0.05, 0) is 36.9 Å². The van der Waals surface area contributed by atoms with Crippen LogP contribution in [0.1, 0.15) is 24.6 Å². The zero-order chi connectivity index (χ0) is 13.4. The van der Waals surface area contributed by atoms with Crippen molar-refractivity contribution in [2.75, 3.05) is 5.32 Å². The number of rotatable bonds is 3. The maximum absolute atomic E-state index is 5.92.